The maximum Gasteiger partial charge on any atom is 0.216 e. The van der Waals surface area contributed by atoms with Gasteiger partial charge in [0.25, 0.3) is 0 Å². The summed E-state index contributed by atoms with van der Waals surface area (Å²) in [6.07, 6.45) is 0.430. The Hall–Kier alpha value is -1.10. The fourth-order valence-corrected chi connectivity index (χ4v) is 0.676. The van der Waals surface area contributed by atoms with Crippen molar-refractivity contribution in [2.45, 2.75) is 13.0 Å². The van der Waals surface area contributed by atoms with Crippen LogP contribution in [0.1, 0.15) is 6.92 Å². The Bertz CT molecular complexity index is 150. The highest BCUT2D eigenvalue weighted by atomic mass is 16.5. The van der Waals surface area contributed by atoms with Crippen LogP contribution in [0.25, 0.3) is 0 Å². The van der Waals surface area contributed by atoms with Crippen molar-refractivity contribution in [1.29, 1.82) is 0 Å². The number of amides is 2. The van der Waals surface area contributed by atoms with E-state index in [4.69, 9.17) is 4.74 Å². The summed E-state index contributed by atoms with van der Waals surface area (Å²) in [6, 6.07) is 0. The van der Waals surface area contributed by atoms with Gasteiger partial charge in [0.15, 0.2) is 0 Å². The molecular formula is C7H14N2O3. The highest BCUT2D eigenvalue weighted by molar-refractivity contribution is 5.72. The van der Waals surface area contributed by atoms with Crippen LogP contribution in [0.4, 0.5) is 0 Å². The molecule has 1 atom stereocenters. The molecule has 0 aliphatic carbocycles. The summed E-state index contributed by atoms with van der Waals surface area (Å²) < 4.78 is 4.97. The van der Waals surface area contributed by atoms with E-state index in [0.29, 0.717) is 19.5 Å². The van der Waals surface area contributed by atoms with Gasteiger partial charge in [-0.2, -0.15) is 0 Å². The average molecular weight is 174 g/mol. The van der Waals surface area contributed by atoms with Crippen molar-refractivity contribution in [2.75, 3.05) is 20.2 Å². The van der Waals surface area contributed by atoms with Gasteiger partial charge >= 0.3 is 0 Å². The van der Waals surface area contributed by atoms with E-state index in [1.807, 2.05) is 0 Å². The van der Waals surface area contributed by atoms with Crippen molar-refractivity contribution < 1.29 is 14.3 Å². The monoisotopic (exact) mass is 174 g/mol. The topological polar surface area (TPSA) is 67.4 Å². The van der Waals surface area contributed by atoms with Crippen LogP contribution < -0.4 is 10.6 Å². The Labute approximate surface area is 71.5 Å². The standard InChI is InChI=1S/C7H14N2O3/c1-6(11)9-4-7(12-2)3-8-5-10/h5,7H,3-4H2,1-2H3,(H,8,10)(H,9,11)/t7-/m1/s1. The summed E-state index contributed by atoms with van der Waals surface area (Å²) in [5.41, 5.74) is 0. The van der Waals surface area contributed by atoms with Gasteiger partial charge in [0.05, 0.1) is 6.10 Å². The van der Waals surface area contributed by atoms with E-state index in [2.05, 4.69) is 10.6 Å². The van der Waals surface area contributed by atoms with Crippen molar-refractivity contribution in [3.05, 3.63) is 0 Å². The molecule has 0 aliphatic heterocycles. The van der Waals surface area contributed by atoms with Crippen LogP contribution in [-0.4, -0.2) is 38.6 Å². The van der Waals surface area contributed by atoms with E-state index >= 15 is 0 Å². The van der Waals surface area contributed by atoms with Gasteiger partial charge in [0.2, 0.25) is 12.3 Å². The Kier molecular flexibility index (Phi) is 6.00. The normalized spacial score (nSPS) is 11.8. The third-order valence-corrected chi connectivity index (χ3v) is 1.34. The van der Waals surface area contributed by atoms with Crippen LogP contribution in [0.5, 0.6) is 0 Å². The van der Waals surface area contributed by atoms with E-state index in [0.717, 1.165) is 0 Å². The number of rotatable bonds is 6. The number of ether oxygens (including phenoxy) is 1. The number of carbonyl (C=O) groups is 2. The minimum Gasteiger partial charge on any atom is -0.378 e. The lowest BCUT2D eigenvalue weighted by molar-refractivity contribution is -0.119. The minimum atomic E-state index is -0.167. The number of nitrogens with one attached hydrogen (secondary N) is 2. The van der Waals surface area contributed by atoms with E-state index in [1.54, 1.807) is 0 Å². The van der Waals surface area contributed by atoms with Crippen molar-refractivity contribution in [3.8, 4) is 0 Å². The maximum atomic E-state index is 10.5. The Morgan fingerprint density at radius 1 is 1.58 bits per heavy atom. The van der Waals surface area contributed by atoms with Crippen LogP contribution in [0.3, 0.4) is 0 Å². The molecule has 0 heterocycles. The summed E-state index contributed by atoms with van der Waals surface area (Å²) in [6.45, 7) is 2.24. The van der Waals surface area contributed by atoms with Crippen molar-refractivity contribution in [3.63, 3.8) is 0 Å². The van der Waals surface area contributed by atoms with Crippen LogP contribution in [-0.2, 0) is 14.3 Å². The van der Waals surface area contributed by atoms with E-state index in [-0.39, 0.29) is 12.0 Å². The number of methoxy groups -OCH3 is 1. The first kappa shape index (κ1) is 10.9. The molecule has 0 rings (SSSR count). The fourth-order valence-electron chi connectivity index (χ4n) is 0.676. The van der Waals surface area contributed by atoms with Crippen molar-refractivity contribution in [1.82, 2.24) is 10.6 Å². The predicted octanol–water partition coefficient (Wildman–Crippen LogP) is -1.12. The summed E-state index contributed by atoms with van der Waals surface area (Å²) in [5.74, 6) is -0.108. The molecule has 5 heteroatoms. The van der Waals surface area contributed by atoms with E-state index in [9.17, 15) is 9.59 Å². The molecule has 70 valence electrons. The zero-order valence-electron chi connectivity index (χ0n) is 7.29. The molecule has 0 spiro atoms. The molecule has 0 fully saturated rings. The molecule has 5 nitrogen and oxygen atoms in total. The molecule has 2 amide bonds. The van der Waals surface area contributed by atoms with Gasteiger partial charge in [-0.3, -0.25) is 9.59 Å². The molecule has 0 aromatic carbocycles. The summed E-state index contributed by atoms with van der Waals surface area (Å²) >= 11 is 0. The van der Waals surface area contributed by atoms with Gasteiger partial charge in [-0.05, 0) is 0 Å². The van der Waals surface area contributed by atoms with Gasteiger partial charge in [0, 0.05) is 27.1 Å². The van der Waals surface area contributed by atoms with Crippen molar-refractivity contribution >= 4 is 12.3 Å². The molecule has 12 heavy (non-hydrogen) atoms. The molecule has 0 radical (unpaired) electrons. The number of hydrogen-bond acceptors (Lipinski definition) is 3. The second kappa shape index (κ2) is 6.60. The SMILES string of the molecule is CO[C@H](CNC=O)CNC(C)=O. The minimum absolute atomic E-state index is 0.108. The predicted molar refractivity (Wildman–Crippen MR) is 43.5 cm³/mol. The summed E-state index contributed by atoms with van der Waals surface area (Å²) in [4.78, 5) is 20.4. The van der Waals surface area contributed by atoms with Crippen LogP contribution in [0.15, 0.2) is 0 Å². The van der Waals surface area contributed by atoms with Gasteiger partial charge in [0.1, 0.15) is 0 Å². The van der Waals surface area contributed by atoms with Gasteiger partial charge in [-0.1, -0.05) is 0 Å². The molecule has 2 N–H and O–H groups in total. The molecule has 0 aromatic rings. The zero-order valence-corrected chi connectivity index (χ0v) is 7.29. The molecule has 0 saturated heterocycles. The van der Waals surface area contributed by atoms with Gasteiger partial charge in [-0.25, -0.2) is 0 Å². The zero-order chi connectivity index (χ0) is 9.40. The number of carbonyl (C=O) groups excluding carboxylic acids is 2. The lowest BCUT2D eigenvalue weighted by atomic mass is 10.3. The van der Waals surface area contributed by atoms with Gasteiger partial charge in [-0.15, -0.1) is 0 Å². The first-order chi connectivity index (χ1) is 5.70. The number of hydrogen-bond donors (Lipinski definition) is 2. The largest absolute Gasteiger partial charge is 0.378 e. The molecule has 0 bridgehead atoms. The van der Waals surface area contributed by atoms with Crippen LogP contribution in [0.2, 0.25) is 0 Å². The molecule has 0 saturated carbocycles. The lowest BCUT2D eigenvalue weighted by Crippen LogP contribution is -2.38. The highest BCUT2D eigenvalue weighted by Gasteiger charge is 2.05. The highest BCUT2D eigenvalue weighted by Crippen LogP contribution is 1.84. The summed E-state index contributed by atoms with van der Waals surface area (Å²) in [5, 5.41) is 5.05. The van der Waals surface area contributed by atoms with Crippen LogP contribution in [0, 0.1) is 0 Å². The van der Waals surface area contributed by atoms with Gasteiger partial charge < -0.3 is 15.4 Å². The quantitative estimate of drug-likeness (QED) is 0.501. The lowest BCUT2D eigenvalue weighted by Gasteiger charge is -2.14. The second-order valence-electron chi connectivity index (χ2n) is 2.32. The average Bonchev–Trinajstić information content (AvgIpc) is 2.05. The molecule has 0 aliphatic rings. The molecular weight excluding hydrogens is 160 g/mol. The Morgan fingerprint density at radius 3 is 2.67 bits per heavy atom. The smallest absolute Gasteiger partial charge is 0.216 e. The van der Waals surface area contributed by atoms with E-state index in [1.165, 1.54) is 14.0 Å². The molecule has 0 unspecified atom stereocenters. The Balaban J connectivity index is 3.52. The third kappa shape index (κ3) is 5.67. The first-order valence-corrected chi connectivity index (χ1v) is 3.65. The fraction of sp³-hybridized carbons (Fsp3) is 0.714. The van der Waals surface area contributed by atoms with E-state index < -0.39 is 0 Å². The maximum absolute atomic E-state index is 10.5. The van der Waals surface area contributed by atoms with Crippen molar-refractivity contribution in [2.24, 2.45) is 0 Å². The third-order valence-electron chi connectivity index (χ3n) is 1.34. The second-order valence-corrected chi connectivity index (χ2v) is 2.32. The summed E-state index contributed by atoms with van der Waals surface area (Å²) in [7, 11) is 1.53. The van der Waals surface area contributed by atoms with Crippen LogP contribution >= 0.6 is 0 Å². The molecule has 0 aromatic heterocycles. The Morgan fingerprint density at radius 2 is 2.25 bits per heavy atom. The first-order valence-electron chi connectivity index (χ1n) is 3.65.